The van der Waals surface area contributed by atoms with Crippen LogP contribution >= 0.6 is 0 Å². The second-order valence-electron chi connectivity index (χ2n) is 4.93. The molecular formula is C15H24. The molecule has 0 heteroatoms. The molecule has 0 fully saturated rings. The van der Waals surface area contributed by atoms with Gasteiger partial charge in [0.2, 0.25) is 0 Å². The molecule has 1 rings (SSSR count). The van der Waals surface area contributed by atoms with Gasteiger partial charge in [0.1, 0.15) is 0 Å². The molecule has 0 heterocycles. The van der Waals surface area contributed by atoms with E-state index in [2.05, 4.69) is 52.0 Å². The van der Waals surface area contributed by atoms with Crippen LogP contribution in [0.2, 0.25) is 0 Å². The van der Waals surface area contributed by atoms with Gasteiger partial charge in [-0.25, -0.2) is 0 Å². The maximum absolute atomic E-state index is 2.39. The summed E-state index contributed by atoms with van der Waals surface area (Å²) in [4.78, 5) is 0. The van der Waals surface area contributed by atoms with Gasteiger partial charge < -0.3 is 0 Å². The number of hydrogen-bond donors (Lipinski definition) is 0. The highest BCUT2D eigenvalue weighted by Crippen LogP contribution is 2.28. The molecule has 84 valence electrons. The van der Waals surface area contributed by atoms with Crippen LogP contribution in [0, 0.1) is 11.8 Å². The Morgan fingerprint density at radius 2 is 2.07 bits per heavy atom. The summed E-state index contributed by atoms with van der Waals surface area (Å²) in [6.07, 6.45) is 12.8. The van der Waals surface area contributed by atoms with Gasteiger partial charge in [0.25, 0.3) is 0 Å². The van der Waals surface area contributed by atoms with Crippen molar-refractivity contribution in [3.63, 3.8) is 0 Å². The fraction of sp³-hybridized carbons (Fsp3) is 0.600. The van der Waals surface area contributed by atoms with Crippen molar-refractivity contribution in [2.75, 3.05) is 0 Å². The van der Waals surface area contributed by atoms with Crippen LogP contribution in [0.5, 0.6) is 0 Å². The molecule has 0 aliphatic heterocycles. The molecule has 1 unspecified atom stereocenters. The molecule has 0 amide bonds. The highest BCUT2D eigenvalue weighted by molar-refractivity contribution is 5.33. The molecule has 0 aromatic rings. The standard InChI is InChI=1S/C15H24/c1-5-8-15(12(2)3)14-10-7-6-9-13(4)11-14/h6-7,10-12,15H,5,8-9H2,1-4H3. The fourth-order valence-corrected chi connectivity index (χ4v) is 2.25. The molecule has 0 nitrogen and oxygen atoms in total. The molecule has 0 spiro atoms. The Labute approximate surface area is 94.8 Å². The van der Waals surface area contributed by atoms with Crippen molar-refractivity contribution in [1.82, 2.24) is 0 Å². The lowest BCUT2D eigenvalue weighted by Crippen LogP contribution is -2.10. The van der Waals surface area contributed by atoms with Crippen molar-refractivity contribution >= 4 is 0 Å². The zero-order valence-electron chi connectivity index (χ0n) is 10.6. The van der Waals surface area contributed by atoms with Gasteiger partial charge in [-0.15, -0.1) is 0 Å². The summed E-state index contributed by atoms with van der Waals surface area (Å²) in [5.41, 5.74) is 3.01. The molecule has 0 bridgehead atoms. The van der Waals surface area contributed by atoms with Crippen LogP contribution in [0.1, 0.15) is 47.0 Å². The maximum Gasteiger partial charge on any atom is -0.0135 e. The van der Waals surface area contributed by atoms with Gasteiger partial charge in [-0.3, -0.25) is 0 Å². The van der Waals surface area contributed by atoms with E-state index in [9.17, 15) is 0 Å². The van der Waals surface area contributed by atoms with Gasteiger partial charge in [0.05, 0.1) is 0 Å². The zero-order chi connectivity index (χ0) is 11.3. The Hall–Kier alpha value is -0.780. The molecule has 0 aromatic carbocycles. The van der Waals surface area contributed by atoms with Crippen LogP contribution in [0.3, 0.4) is 0 Å². The second-order valence-corrected chi connectivity index (χ2v) is 4.93. The zero-order valence-corrected chi connectivity index (χ0v) is 10.6. The summed E-state index contributed by atoms with van der Waals surface area (Å²) in [7, 11) is 0. The molecule has 1 aliphatic carbocycles. The molecule has 15 heavy (non-hydrogen) atoms. The van der Waals surface area contributed by atoms with E-state index in [-0.39, 0.29) is 0 Å². The molecule has 1 atom stereocenters. The molecule has 0 aromatic heterocycles. The van der Waals surface area contributed by atoms with Gasteiger partial charge >= 0.3 is 0 Å². The Bertz CT molecular complexity index is 276. The predicted molar refractivity (Wildman–Crippen MR) is 68.8 cm³/mol. The molecule has 0 saturated carbocycles. The molecule has 0 saturated heterocycles. The Morgan fingerprint density at radius 1 is 1.33 bits per heavy atom. The van der Waals surface area contributed by atoms with Crippen molar-refractivity contribution in [2.45, 2.75) is 47.0 Å². The first-order valence-corrected chi connectivity index (χ1v) is 6.19. The van der Waals surface area contributed by atoms with E-state index in [0.29, 0.717) is 0 Å². The minimum absolute atomic E-state index is 0.729. The number of hydrogen-bond acceptors (Lipinski definition) is 0. The lowest BCUT2D eigenvalue weighted by atomic mass is 9.84. The summed E-state index contributed by atoms with van der Waals surface area (Å²) in [6.45, 7) is 9.17. The number of rotatable bonds is 4. The Kier molecular flexibility index (Phi) is 4.87. The van der Waals surface area contributed by atoms with Crippen LogP contribution in [-0.2, 0) is 0 Å². The third-order valence-electron chi connectivity index (χ3n) is 3.11. The van der Waals surface area contributed by atoms with E-state index in [1.54, 1.807) is 0 Å². The lowest BCUT2D eigenvalue weighted by Gasteiger charge is -2.21. The van der Waals surface area contributed by atoms with E-state index in [1.165, 1.54) is 24.0 Å². The van der Waals surface area contributed by atoms with E-state index in [0.717, 1.165) is 18.3 Å². The third kappa shape index (κ3) is 3.70. The van der Waals surface area contributed by atoms with Crippen LogP contribution in [0.25, 0.3) is 0 Å². The van der Waals surface area contributed by atoms with Crippen LogP contribution in [-0.4, -0.2) is 0 Å². The van der Waals surface area contributed by atoms with Crippen molar-refractivity contribution in [3.05, 3.63) is 35.5 Å². The number of allylic oxidation sites excluding steroid dienone is 6. The Balaban J connectivity index is 2.86. The van der Waals surface area contributed by atoms with Crippen molar-refractivity contribution in [2.24, 2.45) is 11.8 Å². The summed E-state index contributed by atoms with van der Waals surface area (Å²) < 4.78 is 0. The highest BCUT2D eigenvalue weighted by Gasteiger charge is 2.16. The molecule has 1 aliphatic rings. The normalized spacial score (nSPS) is 18.5. The van der Waals surface area contributed by atoms with E-state index in [4.69, 9.17) is 0 Å². The van der Waals surface area contributed by atoms with Gasteiger partial charge in [0, 0.05) is 0 Å². The molecular weight excluding hydrogens is 180 g/mol. The third-order valence-corrected chi connectivity index (χ3v) is 3.11. The minimum atomic E-state index is 0.729. The first kappa shape index (κ1) is 12.3. The van der Waals surface area contributed by atoms with Gasteiger partial charge in [-0.1, -0.05) is 57.1 Å². The maximum atomic E-state index is 2.39. The van der Waals surface area contributed by atoms with E-state index >= 15 is 0 Å². The average Bonchev–Trinajstić information content (AvgIpc) is 2.38. The largest absolute Gasteiger partial charge is 0.0805 e. The summed E-state index contributed by atoms with van der Waals surface area (Å²) in [6, 6.07) is 0. The fourth-order valence-electron chi connectivity index (χ4n) is 2.25. The van der Waals surface area contributed by atoms with E-state index in [1.807, 2.05) is 0 Å². The van der Waals surface area contributed by atoms with Crippen molar-refractivity contribution in [1.29, 1.82) is 0 Å². The van der Waals surface area contributed by atoms with Crippen LogP contribution in [0.4, 0.5) is 0 Å². The summed E-state index contributed by atoms with van der Waals surface area (Å²) in [5.74, 6) is 1.47. The summed E-state index contributed by atoms with van der Waals surface area (Å²) >= 11 is 0. The topological polar surface area (TPSA) is 0 Å². The van der Waals surface area contributed by atoms with E-state index < -0.39 is 0 Å². The monoisotopic (exact) mass is 204 g/mol. The quantitative estimate of drug-likeness (QED) is 0.611. The van der Waals surface area contributed by atoms with Crippen LogP contribution in [0.15, 0.2) is 35.5 Å². The predicted octanol–water partition coefficient (Wildman–Crippen LogP) is 4.89. The van der Waals surface area contributed by atoms with Gasteiger partial charge in [-0.05, 0) is 37.2 Å². The van der Waals surface area contributed by atoms with Crippen molar-refractivity contribution in [3.8, 4) is 0 Å². The smallest absolute Gasteiger partial charge is 0.0135 e. The van der Waals surface area contributed by atoms with Gasteiger partial charge in [-0.2, -0.15) is 0 Å². The van der Waals surface area contributed by atoms with Gasteiger partial charge in [0.15, 0.2) is 0 Å². The molecule has 0 radical (unpaired) electrons. The van der Waals surface area contributed by atoms with Crippen molar-refractivity contribution < 1.29 is 0 Å². The lowest BCUT2D eigenvalue weighted by molar-refractivity contribution is 0.417. The SMILES string of the molecule is CCCC(C1=CC=CCC(C)=C1)C(C)C. The second kappa shape index (κ2) is 5.95. The molecule has 0 N–H and O–H groups in total. The first-order chi connectivity index (χ1) is 7.15. The first-order valence-electron chi connectivity index (χ1n) is 6.19. The minimum Gasteiger partial charge on any atom is -0.0805 e. The average molecular weight is 204 g/mol. The highest BCUT2D eigenvalue weighted by atomic mass is 14.2. The Morgan fingerprint density at radius 3 is 2.67 bits per heavy atom. The van der Waals surface area contributed by atoms with Crippen LogP contribution < -0.4 is 0 Å². The summed E-state index contributed by atoms with van der Waals surface area (Å²) in [5, 5.41) is 0.